The molecule has 1 unspecified atom stereocenters. The second-order valence-electron chi connectivity index (χ2n) is 4.77. The Kier molecular flexibility index (Phi) is 3.87. The molecule has 0 amide bonds. The molecule has 5 heteroatoms. The Hall–Kier alpha value is -1.30. The molecule has 0 saturated carbocycles. The molecule has 1 aromatic rings. The van der Waals surface area contributed by atoms with Crippen molar-refractivity contribution in [2.45, 2.75) is 25.2 Å². The van der Waals surface area contributed by atoms with Crippen LogP contribution in [-0.4, -0.2) is 32.7 Å². The number of fused-ring (bicyclic) bond motifs is 1. The lowest BCUT2D eigenvalue weighted by Crippen LogP contribution is -2.19. The SMILES string of the molecule is NC(CC1OCCO1)c1ccc2c(c1)OCCCO2. The molecule has 5 nitrogen and oxygen atoms in total. The lowest BCUT2D eigenvalue weighted by Gasteiger charge is -2.17. The van der Waals surface area contributed by atoms with Gasteiger partial charge in [0.15, 0.2) is 17.8 Å². The molecular formula is C14H19NO4. The van der Waals surface area contributed by atoms with Gasteiger partial charge in [0.25, 0.3) is 0 Å². The van der Waals surface area contributed by atoms with Gasteiger partial charge in [-0.15, -0.1) is 0 Å². The van der Waals surface area contributed by atoms with Crippen molar-refractivity contribution in [2.75, 3.05) is 26.4 Å². The molecule has 1 saturated heterocycles. The summed E-state index contributed by atoms with van der Waals surface area (Å²) in [6.07, 6.45) is 1.37. The summed E-state index contributed by atoms with van der Waals surface area (Å²) in [5.74, 6) is 1.57. The third-order valence-electron chi connectivity index (χ3n) is 3.34. The van der Waals surface area contributed by atoms with Crippen molar-refractivity contribution in [3.05, 3.63) is 23.8 Å². The van der Waals surface area contributed by atoms with E-state index in [1.807, 2.05) is 18.2 Å². The summed E-state index contributed by atoms with van der Waals surface area (Å²) in [6, 6.07) is 5.74. The smallest absolute Gasteiger partial charge is 0.161 e. The zero-order chi connectivity index (χ0) is 13.1. The van der Waals surface area contributed by atoms with E-state index in [-0.39, 0.29) is 12.3 Å². The van der Waals surface area contributed by atoms with Crippen LogP contribution >= 0.6 is 0 Å². The highest BCUT2D eigenvalue weighted by molar-refractivity contribution is 5.44. The predicted molar refractivity (Wildman–Crippen MR) is 69.3 cm³/mol. The first-order chi connectivity index (χ1) is 9.33. The highest BCUT2D eigenvalue weighted by Gasteiger charge is 2.21. The average Bonchev–Trinajstić information content (AvgIpc) is 2.81. The van der Waals surface area contributed by atoms with Gasteiger partial charge in [0.1, 0.15) is 0 Å². The van der Waals surface area contributed by atoms with E-state index < -0.39 is 0 Å². The Morgan fingerprint density at radius 3 is 2.58 bits per heavy atom. The summed E-state index contributed by atoms with van der Waals surface area (Å²) >= 11 is 0. The standard InChI is InChI=1S/C14H19NO4/c15-11(9-14-18-6-7-19-14)10-2-3-12-13(8-10)17-5-1-4-16-12/h2-3,8,11,14H,1,4-7,9,15H2. The van der Waals surface area contributed by atoms with Gasteiger partial charge in [-0.05, 0) is 17.7 Å². The van der Waals surface area contributed by atoms with Crippen molar-refractivity contribution >= 4 is 0 Å². The zero-order valence-electron chi connectivity index (χ0n) is 10.8. The van der Waals surface area contributed by atoms with Gasteiger partial charge in [0, 0.05) is 18.9 Å². The lowest BCUT2D eigenvalue weighted by atomic mass is 10.0. The van der Waals surface area contributed by atoms with Crippen molar-refractivity contribution in [1.29, 1.82) is 0 Å². The lowest BCUT2D eigenvalue weighted by molar-refractivity contribution is -0.0507. The normalized spacial score (nSPS) is 21.1. The van der Waals surface area contributed by atoms with Crippen LogP contribution in [0.1, 0.15) is 24.4 Å². The molecule has 19 heavy (non-hydrogen) atoms. The fourth-order valence-corrected chi connectivity index (χ4v) is 2.30. The van der Waals surface area contributed by atoms with Crippen molar-refractivity contribution in [3.63, 3.8) is 0 Å². The van der Waals surface area contributed by atoms with Crippen LogP contribution in [0.2, 0.25) is 0 Å². The molecule has 0 aliphatic carbocycles. The summed E-state index contributed by atoms with van der Waals surface area (Å²) in [4.78, 5) is 0. The summed E-state index contributed by atoms with van der Waals surface area (Å²) < 4.78 is 22.1. The maximum atomic E-state index is 6.19. The molecule has 104 valence electrons. The van der Waals surface area contributed by atoms with E-state index in [1.165, 1.54) is 0 Å². The van der Waals surface area contributed by atoms with Crippen LogP contribution in [0.15, 0.2) is 18.2 Å². The second kappa shape index (κ2) is 5.77. The number of nitrogens with two attached hydrogens (primary N) is 1. The number of benzene rings is 1. The molecule has 2 heterocycles. The third kappa shape index (κ3) is 3.00. The molecule has 1 atom stereocenters. The molecule has 2 aliphatic rings. The van der Waals surface area contributed by atoms with Crippen LogP contribution in [0, 0.1) is 0 Å². The number of hydrogen-bond acceptors (Lipinski definition) is 5. The molecule has 1 fully saturated rings. The second-order valence-corrected chi connectivity index (χ2v) is 4.77. The average molecular weight is 265 g/mol. The van der Waals surface area contributed by atoms with Gasteiger partial charge < -0.3 is 24.7 Å². The Morgan fingerprint density at radius 2 is 1.79 bits per heavy atom. The van der Waals surface area contributed by atoms with Gasteiger partial charge in [-0.25, -0.2) is 0 Å². The zero-order valence-corrected chi connectivity index (χ0v) is 10.8. The largest absolute Gasteiger partial charge is 0.490 e. The maximum Gasteiger partial charge on any atom is 0.161 e. The van der Waals surface area contributed by atoms with Crippen molar-refractivity contribution in [3.8, 4) is 11.5 Å². The molecule has 0 spiro atoms. The van der Waals surface area contributed by atoms with Gasteiger partial charge >= 0.3 is 0 Å². The molecule has 3 rings (SSSR count). The van der Waals surface area contributed by atoms with Crippen LogP contribution in [0.25, 0.3) is 0 Å². The predicted octanol–water partition coefficient (Wildman–Crippen LogP) is 1.61. The van der Waals surface area contributed by atoms with Crippen molar-refractivity contribution in [2.24, 2.45) is 5.73 Å². The molecule has 2 aliphatic heterocycles. The maximum absolute atomic E-state index is 6.19. The van der Waals surface area contributed by atoms with E-state index >= 15 is 0 Å². The monoisotopic (exact) mass is 265 g/mol. The number of rotatable bonds is 3. The first-order valence-electron chi connectivity index (χ1n) is 6.71. The minimum absolute atomic E-state index is 0.125. The van der Waals surface area contributed by atoms with Gasteiger partial charge in [0.2, 0.25) is 0 Å². The van der Waals surface area contributed by atoms with E-state index in [0.717, 1.165) is 23.5 Å². The van der Waals surface area contributed by atoms with Gasteiger partial charge in [-0.3, -0.25) is 0 Å². The Bertz CT molecular complexity index is 431. The van der Waals surface area contributed by atoms with Crippen molar-refractivity contribution < 1.29 is 18.9 Å². The topological polar surface area (TPSA) is 62.9 Å². The van der Waals surface area contributed by atoms with Crippen LogP contribution < -0.4 is 15.2 Å². The van der Waals surface area contributed by atoms with Gasteiger partial charge in [-0.1, -0.05) is 6.07 Å². The summed E-state index contributed by atoms with van der Waals surface area (Å²) in [6.45, 7) is 2.68. The molecule has 0 aromatic heterocycles. The molecule has 0 radical (unpaired) electrons. The summed E-state index contributed by atoms with van der Waals surface area (Å²) in [7, 11) is 0. The van der Waals surface area contributed by atoms with Gasteiger partial charge in [-0.2, -0.15) is 0 Å². The first kappa shape index (κ1) is 12.7. The Morgan fingerprint density at radius 1 is 1.05 bits per heavy atom. The molecular weight excluding hydrogens is 246 g/mol. The third-order valence-corrected chi connectivity index (χ3v) is 3.34. The minimum atomic E-state index is -0.189. The van der Waals surface area contributed by atoms with Crippen LogP contribution in [0.3, 0.4) is 0 Å². The van der Waals surface area contributed by atoms with Crippen molar-refractivity contribution in [1.82, 2.24) is 0 Å². The minimum Gasteiger partial charge on any atom is -0.490 e. The summed E-state index contributed by atoms with van der Waals surface area (Å²) in [5, 5.41) is 0. The van der Waals surface area contributed by atoms with E-state index in [4.69, 9.17) is 24.7 Å². The Labute approximate surface area is 112 Å². The van der Waals surface area contributed by atoms with Crippen LogP contribution in [0.5, 0.6) is 11.5 Å². The van der Waals surface area contributed by atoms with E-state index in [9.17, 15) is 0 Å². The fourth-order valence-electron chi connectivity index (χ4n) is 2.30. The number of hydrogen-bond donors (Lipinski definition) is 1. The van der Waals surface area contributed by atoms with E-state index in [0.29, 0.717) is 32.8 Å². The van der Waals surface area contributed by atoms with Crippen LogP contribution in [-0.2, 0) is 9.47 Å². The molecule has 1 aromatic carbocycles. The van der Waals surface area contributed by atoms with Gasteiger partial charge in [0.05, 0.1) is 26.4 Å². The highest BCUT2D eigenvalue weighted by atomic mass is 16.7. The summed E-state index contributed by atoms with van der Waals surface area (Å²) in [5.41, 5.74) is 7.21. The first-order valence-corrected chi connectivity index (χ1v) is 6.71. The molecule has 2 N–H and O–H groups in total. The quantitative estimate of drug-likeness (QED) is 0.899. The van der Waals surface area contributed by atoms with E-state index in [1.54, 1.807) is 0 Å². The highest BCUT2D eigenvalue weighted by Crippen LogP contribution is 2.33. The number of ether oxygens (including phenoxy) is 4. The van der Waals surface area contributed by atoms with Crippen LogP contribution in [0.4, 0.5) is 0 Å². The Balaban J connectivity index is 1.71. The molecule has 0 bridgehead atoms. The fraction of sp³-hybridized carbons (Fsp3) is 0.571. The van der Waals surface area contributed by atoms with E-state index in [2.05, 4.69) is 0 Å².